The number of alkyl halides is 3. The average Bonchev–Trinajstić information content (AvgIpc) is 3.05. The molecule has 0 atom stereocenters. The van der Waals surface area contributed by atoms with E-state index >= 15 is 0 Å². The van der Waals surface area contributed by atoms with Crippen LogP contribution < -0.4 is 0 Å². The molecule has 3 rings (SSSR count). The second kappa shape index (κ2) is 8.89. The fraction of sp³-hybridized carbons (Fsp3) is 0.450. The van der Waals surface area contributed by atoms with Crippen molar-refractivity contribution in [3.8, 4) is 0 Å². The molecule has 2 heterocycles. The lowest BCUT2D eigenvalue weighted by molar-refractivity contribution is -0.137. The molecule has 0 spiro atoms. The summed E-state index contributed by atoms with van der Waals surface area (Å²) in [6, 6.07) is 7.39. The Kier molecular flexibility index (Phi) is 6.55. The van der Waals surface area contributed by atoms with E-state index in [2.05, 4.69) is 10.3 Å². The highest BCUT2D eigenvalue weighted by Gasteiger charge is 2.30. The van der Waals surface area contributed by atoms with Gasteiger partial charge in [0.05, 0.1) is 5.56 Å². The summed E-state index contributed by atoms with van der Waals surface area (Å²) in [7, 11) is 0. The van der Waals surface area contributed by atoms with Crippen LogP contribution in [0.4, 0.5) is 13.2 Å². The largest absolute Gasteiger partial charge is 0.416 e. The minimum absolute atomic E-state index is 0.178. The Bertz CT molecular complexity index is 729. The van der Waals surface area contributed by atoms with Gasteiger partial charge in [-0.25, -0.2) is 0 Å². The van der Waals surface area contributed by atoms with Crippen molar-refractivity contribution in [3.63, 3.8) is 0 Å². The first kappa shape index (κ1) is 19.9. The molecule has 0 unspecified atom stereocenters. The maximum absolute atomic E-state index is 12.7. The summed E-state index contributed by atoms with van der Waals surface area (Å²) in [6.07, 6.45) is -2.13. The molecule has 1 aliphatic rings. The number of amides is 1. The zero-order valence-electron chi connectivity index (χ0n) is 15.0. The summed E-state index contributed by atoms with van der Waals surface area (Å²) in [6.45, 7) is 3.60. The zero-order valence-corrected chi connectivity index (χ0v) is 15.9. The van der Waals surface area contributed by atoms with Crippen LogP contribution in [0.25, 0.3) is 0 Å². The van der Waals surface area contributed by atoms with E-state index in [-0.39, 0.29) is 5.91 Å². The quantitative estimate of drug-likeness (QED) is 0.746. The summed E-state index contributed by atoms with van der Waals surface area (Å²) in [5, 5.41) is 4.09. The van der Waals surface area contributed by atoms with E-state index in [0.717, 1.165) is 50.2 Å². The van der Waals surface area contributed by atoms with Crippen molar-refractivity contribution < 1.29 is 18.0 Å². The Morgan fingerprint density at radius 2 is 1.78 bits per heavy atom. The van der Waals surface area contributed by atoms with E-state index in [1.807, 2.05) is 16.3 Å². The van der Waals surface area contributed by atoms with Gasteiger partial charge >= 0.3 is 6.18 Å². The molecule has 1 aromatic heterocycles. The molecule has 0 N–H and O–H groups in total. The molecule has 0 bridgehead atoms. The third kappa shape index (κ3) is 5.81. The molecular formula is C20H23F3N2OS. The number of nitrogens with zero attached hydrogens (tertiary/aromatic N) is 2. The standard InChI is InChI=1S/C20H23F3N2OS/c21-20(22,23)18-5-2-16(3-6-18)14-24-9-1-10-25(12-11-24)19(26)7-4-17-8-13-27-15-17/h2-3,5-6,8,13,15H,1,4,7,9-12,14H2. The maximum atomic E-state index is 12.7. The van der Waals surface area contributed by atoms with E-state index < -0.39 is 11.7 Å². The normalized spacial score (nSPS) is 16.3. The molecule has 146 valence electrons. The van der Waals surface area contributed by atoms with Gasteiger partial charge < -0.3 is 4.90 Å². The lowest BCUT2D eigenvalue weighted by atomic mass is 10.1. The van der Waals surface area contributed by atoms with Crippen LogP contribution in [0.15, 0.2) is 41.1 Å². The molecule has 1 fully saturated rings. The van der Waals surface area contributed by atoms with Crippen LogP contribution in [0.2, 0.25) is 0 Å². The van der Waals surface area contributed by atoms with Crippen LogP contribution in [0.5, 0.6) is 0 Å². The number of carbonyl (C=O) groups is 1. The van der Waals surface area contributed by atoms with Crippen LogP contribution >= 0.6 is 11.3 Å². The van der Waals surface area contributed by atoms with Crippen molar-refractivity contribution in [3.05, 3.63) is 57.8 Å². The highest BCUT2D eigenvalue weighted by molar-refractivity contribution is 7.07. The Hall–Kier alpha value is -1.86. The Morgan fingerprint density at radius 1 is 1.00 bits per heavy atom. The molecule has 1 aromatic carbocycles. The van der Waals surface area contributed by atoms with Crippen molar-refractivity contribution in [2.45, 2.75) is 32.0 Å². The Labute approximate surface area is 161 Å². The van der Waals surface area contributed by atoms with E-state index in [9.17, 15) is 18.0 Å². The van der Waals surface area contributed by atoms with Gasteiger partial charge in [-0.05, 0) is 52.9 Å². The fourth-order valence-corrected chi connectivity index (χ4v) is 3.98. The molecule has 27 heavy (non-hydrogen) atoms. The van der Waals surface area contributed by atoms with E-state index in [1.54, 1.807) is 11.3 Å². The molecule has 1 aliphatic heterocycles. The summed E-state index contributed by atoms with van der Waals surface area (Å²) in [5.41, 5.74) is 1.44. The van der Waals surface area contributed by atoms with Crippen molar-refractivity contribution in [2.75, 3.05) is 26.2 Å². The molecule has 0 aliphatic carbocycles. The summed E-state index contributed by atoms with van der Waals surface area (Å²) < 4.78 is 38.0. The lowest BCUT2D eigenvalue weighted by Gasteiger charge is -2.22. The monoisotopic (exact) mass is 396 g/mol. The van der Waals surface area contributed by atoms with Crippen molar-refractivity contribution >= 4 is 17.2 Å². The number of hydrogen-bond acceptors (Lipinski definition) is 3. The molecule has 3 nitrogen and oxygen atoms in total. The molecule has 2 aromatic rings. The minimum Gasteiger partial charge on any atom is -0.341 e. The number of halogens is 3. The van der Waals surface area contributed by atoms with E-state index in [1.165, 1.54) is 17.7 Å². The Morgan fingerprint density at radius 3 is 2.44 bits per heavy atom. The van der Waals surface area contributed by atoms with Crippen LogP contribution in [-0.4, -0.2) is 41.9 Å². The van der Waals surface area contributed by atoms with Crippen molar-refractivity contribution in [1.82, 2.24) is 9.80 Å². The van der Waals surface area contributed by atoms with Crippen LogP contribution in [0.1, 0.15) is 29.5 Å². The number of carbonyl (C=O) groups excluding carboxylic acids is 1. The maximum Gasteiger partial charge on any atom is 0.416 e. The zero-order chi connectivity index (χ0) is 19.3. The predicted molar refractivity (Wildman–Crippen MR) is 101 cm³/mol. The SMILES string of the molecule is O=C(CCc1ccsc1)N1CCCN(Cc2ccc(C(F)(F)F)cc2)CC1. The highest BCUT2D eigenvalue weighted by atomic mass is 32.1. The molecule has 0 saturated carbocycles. The predicted octanol–water partition coefficient (Wildman–Crippen LogP) is 4.43. The van der Waals surface area contributed by atoms with Crippen molar-refractivity contribution in [2.24, 2.45) is 0 Å². The highest BCUT2D eigenvalue weighted by Crippen LogP contribution is 2.29. The third-order valence-electron chi connectivity index (χ3n) is 4.84. The fourth-order valence-electron chi connectivity index (χ4n) is 3.28. The average molecular weight is 396 g/mol. The minimum atomic E-state index is -4.30. The first-order chi connectivity index (χ1) is 12.9. The van der Waals surface area contributed by atoms with Gasteiger partial charge in [0.15, 0.2) is 0 Å². The third-order valence-corrected chi connectivity index (χ3v) is 5.57. The smallest absolute Gasteiger partial charge is 0.341 e. The van der Waals surface area contributed by atoms with Gasteiger partial charge in [0, 0.05) is 39.1 Å². The number of thiophene rings is 1. The van der Waals surface area contributed by atoms with Gasteiger partial charge in [0.25, 0.3) is 0 Å². The van der Waals surface area contributed by atoms with Crippen LogP contribution in [0.3, 0.4) is 0 Å². The van der Waals surface area contributed by atoms with Gasteiger partial charge in [-0.15, -0.1) is 0 Å². The van der Waals surface area contributed by atoms with Gasteiger partial charge in [-0.3, -0.25) is 9.69 Å². The van der Waals surface area contributed by atoms with Crippen molar-refractivity contribution in [1.29, 1.82) is 0 Å². The first-order valence-electron chi connectivity index (χ1n) is 9.09. The number of hydrogen-bond donors (Lipinski definition) is 0. The van der Waals surface area contributed by atoms with E-state index in [0.29, 0.717) is 19.5 Å². The number of aryl methyl sites for hydroxylation is 1. The Balaban J connectivity index is 1.48. The van der Waals surface area contributed by atoms with Gasteiger partial charge in [-0.1, -0.05) is 12.1 Å². The molecule has 1 amide bonds. The number of rotatable bonds is 5. The molecule has 1 saturated heterocycles. The second-order valence-corrected chi connectivity index (χ2v) is 7.62. The van der Waals surface area contributed by atoms with Crippen LogP contribution in [-0.2, 0) is 23.9 Å². The summed E-state index contributed by atoms with van der Waals surface area (Å²) in [4.78, 5) is 16.6. The van der Waals surface area contributed by atoms with E-state index in [4.69, 9.17) is 0 Å². The van der Waals surface area contributed by atoms with Crippen LogP contribution in [0, 0.1) is 0 Å². The topological polar surface area (TPSA) is 23.6 Å². The number of benzene rings is 1. The first-order valence-corrected chi connectivity index (χ1v) is 10.0. The van der Waals surface area contributed by atoms with Gasteiger partial charge in [-0.2, -0.15) is 24.5 Å². The summed E-state index contributed by atoms with van der Waals surface area (Å²) >= 11 is 1.64. The molecular weight excluding hydrogens is 373 g/mol. The van der Waals surface area contributed by atoms with Gasteiger partial charge in [0.2, 0.25) is 5.91 Å². The molecule has 0 radical (unpaired) electrons. The molecule has 7 heteroatoms. The van der Waals surface area contributed by atoms with Gasteiger partial charge in [0.1, 0.15) is 0 Å². The lowest BCUT2D eigenvalue weighted by Crippen LogP contribution is -2.35. The second-order valence-electron chi connectivity index (χ2n) is 6.84. The summed E-state index contributed by atoms with van der Waals surface area (Å²) in [5.74, 6) is 0.178.